The van der Waals surface area contributed by atoms with Crippen molar-refractivity contribution in [3.05, 3.63) is 71.6 Å². The number of methoxy groups -OCH3 is 1. The van der Waals surface area contributed by atoms with E-state index in [1.54, 1.807) is 7.11 Å². The van der Waals surface area contributed by atoms with Crippen molar-refractivity contribution in [3.63, 3.8) is 0 Å². The van der Waals surface area contributed by atoms with E-state index in [2.05, 4.69) is 15.2 Å². The van der Waals surface area contributed by atoms with Gasteiger partial charge in [0, 0.05) is 30.6 Å². The van der Waals surface area contributed by atoms with E-state index in [9.17, 15) is 9.90 Å². The lowest BCUT2D eigenvalue weighted by Crippen LogP contribution is -2.00. The zero-order chi connectivity index (χ0) is 18.5. The first-order valence-electron chi connectivity index (χ1n) is 8.23. The number of H-pyrrole nitrogens is 1. The van der Waals surface area contributed by atoms with Gasteiger partial charge in [-0.25, -0.2) is 4.98 Å². The summed E-state index contributed by atoms with van der Waals surface area (Å²) in [6.45, 7) is 2.66. The highest BCUT2D eigenvalue weighted by atomic mass is 16.5. The molecule has 2 aromatic heterocycles. The third-order valence-corrected chi connectivity index (χ3v) is 4.06. The number of nitrogens with zero attached hydrogens (tertiary/aromatic N) is 3. The smallest absolute Gasteiger partial charge is 0.226 e. The summed E-state index contributed by atoms with van der Waals surface area (Å²) in [4.78, 5) is 15.9. The molecule has 7 heteroatoms. The van der Waals surface area contributed by atoms with E-state index in [1.165, 1.54) is 6.33 Å². The van der Waals surface area contributed by atoms with Gasteiger partial charge in [-0.05, 0) is 29.7 Å². The molecule has 0 aliphatic rings. The van der Waals surface area contributed by atoms with E-state index in [0.29, 0.717) is 12.1 Å². The number of benzene rings is 1. The Bertz CT molecular complexity index is 909. The third-order valence-electron chi connectivity index (χ3n) is 4.06. The summed E-state index contributed by atoms with van der Waals surface area (Å²) in [5.41, 5.74) is 2.70. The number of rotatable bonds is 7. The Morgan fingerprint density at radius 3 is 2.69 bits per heavy atom. The van der Waals surface area contributed by atoms with E-state index < -0.39 is 5.78 Å². The maximum Gasteiger partial charge on any atom is 0.226 e. The van der Waals surface area contributed by atoms with Gasteiger partial charge in [-0.3, -0.25) is 9.89 Å². The molecule has 0 saturated heterocycles. The van der Waals surface area contributed by atoms with Gasteiger partial charge >= 0.3 is 0 Å². The SMILES string of the molecule is CCc1cn(Cc2ccc(OC)cc2)cc1C(O)=CC(=O)c1ncn[nH]1. The van der Waals surface area contributed by atoms with Crippen LogP contribution in [-0.2, 0) is 13.0 Å². The van der Waals surface area contributed by atoms with E-state index in [0.717, 1.165) is 29.4 Å². The van der Waals surface area contributed by atoms with Gasteiger partial charge in [0.2, 0.25) is 5.78 Å². The minimum absolute atomic E-state index is 0.0864. The number of nitrogens with one attached hydrogen (secondary N) is 1. The molecule has 0 radical (unpaired) electrons. The number of hydrogen-bond donors (Lipinski definition) is 2. The Morgan fingerprint density at radius 2 is 2.08 bits per heavy atom. The topological polar surface area (TPSA) is 93.0 Å². The molecular weight excluding hydrogens is 332 g/mol. The van der Waals surface area contributed by atoms with Crippen LogP contribution in [-0.4, -0.2) is 37.7 Å². The van der Waals surface area contributed by atoms with Crippen molar-refractivity contribution in [1.29, 1.82) is 0 Å². The zero-order valence-corrected chi connectivity index (χ0v) is 14.6. The monoisotopic (exact) mass is 352 g/mol. The molecule has 2 heterocycles. The number of aliphatic hydroxyl groups excluding tert-OH is 1. The predicted molar refractivity (Wildman–Crippen MR) is 97.2 cm³/mol. The van der Waals surface area contributed by atoms with Crippen LogP contribution in [0.15, 0.2) is 49.1 Å². The molecule has 0 aliphatic carbocycles. The van der Waals surface area contributed by atoms with Gasteiger partial charge in [-0.2, -0.15) is 5.10 Å². The molecule has 0 saturated carbocycles. The number of allylic oxidation sites excluding steroid dienone is 1. The second-order valence-corrected chi connectivity index (χ2v) is 5.80. The summed E-state index contributed by atoms with van der Waals surface area (Å²) in [7, 11) is 1.63. The largest absolute Gasteiger partial charge is 0.507 e. The average molecular weight is 352 g/mol. The minimum atomic E-state index is -0.426. The third kappa shape index (κ3) is 3.83. The Labute approximate surface area is 151 Å². The summed E-state index contributed by atoms with van der Waals surface area (Å²) in [6.07, 6.45) is 6.96. The molecule has 0 bridgehead atoms. The predicted octanol–water partition coefficient (Wildman–Crippen LogP) is 3.01. The van der Waals surface area contributed by atoms with Gasteiger partial charge in [0.15, 0.2) is 5.82 Å². The zero-order valence-electron chi connectivity index (χ0n) is 14.6. The van der Waals surface area contributed by atoms with Crippen LogP contribution in [0.3, 0.4) is 0 Å². The molecule has 3 rings (SSSR count). The molecule has 1 aromatic carbocycles. The highest BCUT2D eigenvalue weighted by molar-refractivity contribution is 6.05. The normalized spacial score (nSPS) is 11.5. The highest BCUT2D eigenvalue weighted by Crippen LogP contribution is 2.21. The van der Waals surface area contributed by atoms with E-state index in [-0.39, 0.29) is 11.6 Å². The molecule has 0 unspecified atom stereocenters. The van der Waals surface area contributed by atoms with Crippen molar-refractivity contribution >= 4 is 11.5 Å². The molecular formula is C19H20N4O3. The van der Waals surface area contributed by atoms with Crippen molar-refractivity contribution in [2.24, 2.45) is 0 Å². The van der Waals surface area contributed by atoms with E-state index >= 15 is 0 Å². The fraction of sp³-hybridized carbons (Fsp3) is 0.211. The van der Waals surface area contributed by atoms with Crippen LogP contribution in [0.1, 0.15) is 34.2 Å². The Kier molecular flexibility index (Phi) is 5.17. The fourth-order valence-corrected chi connectivity index (χ4v) is 2.70. The van der Waals surface area contributed by atoms with Crippen LogP contribution < -0.4 is 4.74 Å². The molecule has 0 amide bonds. The fourth-order valence-electron chi connectivity index (χ4n) is 2.70. The van der Waals surface area contributed by atoms with Gasteiger partial charge in [-0.15, -0.1) is 0 Å². The maximum atomic E-state index is 12.1. The lowest BCUT2D eigenvalue weighted by atomic mass is 10.1. The average Bonchev–Trinajstić information content (AvgIpc) is 3.32. The lowest BCUT2D eigenvalue weighted by Gasteiger charge is -2.04. The lowest BCUT2D eigenvalue weighted by molar-refractivity contribution is 0.103. The van der Waals surface area contributed by atoms with Crippen molar-refractivity contribution in [2.45, 2.75) is 19.9 Å². The molecule has 26 heavy (non-hydrogen) atoms. The van der Waals surface area contributed by atoms with Crippen LogP contribution in [0.5, 0.6) is 5.75 Å². The molecule has 134 valence electrons. The maximum absolute atomic E-state index is 12.1. The van der Waals surface area contributed by atoms with Crippen LogP contribution in [0.25, 0.3) is 5.76 Å². The van der Waals surface area contributed by atoms with Crippen LogP contribution in [0.2, 0.25) is 0 Å². The molecule has 0 fully saturated rings. The number of ether oxygens (including phenoxy) is 1. The first-order valence-corrected chi connectivity index (χ1v) is 8.23. The number of ketones is 1. The van der Waals surface area contributed by atoms with Crippen molar-refractivity contribution < 1.29 is 14.6 Å². The van der Waals surface area contributed by atoms with Crippen molar-refractivity contribution in [3.8, 4) is 5.75 Å². The molecule has 0 spiro atoms. The van der Waals surface area contributed by atoms with Gasteiger partial charge < -0.3 is 14.4 Å². The summed E-state index contributed by atoms with van der Waals surface area (Å²) in [6, 6.07) is 7.81. The minimum Gasteiger partial charge on any atom is -0.507 e. The van der Waals surface area contributed by atoms with Gasteiger partial charge in [0.25, 0.3) is 0 Å². The molecule has 7 nitrogen and oxygen atoms in total. The first kappa shape index (κ1) is 17.5. The summed E-state index contributed by atoms with van der Waals surface area (Å²) in [5.74, 6) is 0.386. The molecule has 2 N–H and O–H groups in total. The number of aromatic amines is 1. The number of aliphatic hydroxyl groups is 1. The second kappa shape index (κ2) is 7.69. The molecule has 0 atom stereocenters. The summed E-state index contributed by atoms with van der Waals surface area (Å²) >= 11 is 0. The number of carbonyl (C=O) groups excluding carboxylic acids is 1. The summed E-state index contributed by atoms with van der Waals surface area (Å²) in [5, 5.41) is 16.5. The highest BCUT2D eigenvalue weighted by Gasteiger charge is 2.13. The molecule has 3 aromatic rings. The Morgan fingerprint density at radius 1 is 1.31 bits per heavy atom. The number of carbonyl (C=O) groups is 1. The van der Waals surface area contributed by atoms with Crippen molar-refractivity contribution in [2.75, 3.05) is 7.11 Å². The quantitative estimate of drug-likeness (QED) is 0.387. The van der Waals surface area contributed by atoms with Crippen LogP contribution in [0.4, 0.5) is 0 Å². The number of aromatic nitrogens is 4. The summed E-state index contributed by atoms with van der Waals surface area (Å²) < 4.78 is 7.15. The van der Waals surface area contributed by atoms with Crippen LogP contribution >= 0.6 is 0 Å². The number of hydrogen-bond acceptors (Lipinski definition) is 5. The van der Waals surface area contributed by atoms with E-state index in [4.69, 9.17) is 4.74 Å². The van der Waals surface area contributed by atoms with Gasteiger partial charge in [-0.1, -0.05) is 19.1 Å². The second-order valence-electron chi connectivity index (χ2n) is 5.80. The van der Waals surface area contributed by atoms with Crippen molar-refractivity contribution in [1.82, 2.24) is 19.7 Å². The standard InChI is InChI=1S/C19H20N4O3/c1-3-14-10-23(9-13-4-6-15(26-2)7-5-13)11-16(14)17(24)8-18(25)19-20-12-21-22-19/h4-8,10-12,24H,3,9H2,1-2H3,(H,20,21,22). The van der Waals surface area contributed by atoms with Gasteiger partial charge in [0.05, 0.1) is 7.11 Å². The van der Waals surface area contributed by atoms with E-state index in [1.807, 2.05) is 48.1 Å². The first-order chi connectivity index (χ1) is 12.6. The van der Waals surface area contributed by atoms with Crippen LogP contribution in [0, 0.1) is 0 Å². The molecule has 0 aliphatic heterocycles. The van der Waals surface area contributed by atoms with Gasteiger partial charge in [0.1, 0.15) is 17.8 Å². The Hall–Kier alpha value is -3.35. The Balaban J connectivity index is 1.82. The number of aryl methyl sites for hydroxylation is 1.